The van der Waals surface area contributed by atoms with Crippen LogP contribution in [-0.2, 0) is 16.1 Å². The molecule has 2 fully saturated rings. The van der Waals surface area contributed by atoms with Crippen LogP contribution in [0.4, 0.5) is 5.82 Å². The van der Waals surface area contributed by atoms with E-state index < -0.39 is 5.97 Å². The zero-order valence-electron chi connectivity index (χ0n) is 14.4. The van der Waals surface area contributed by atoms with Crippen LogP contribution < -0.4 is 5.32 Å². The first-order chi connectivity index (χ1) is 11.5. The van der Waals surface area contributed by atoms with Gasteiger partial charge in [0.05, 0.1) is 6.54 Å². The summed E-state index contributed by atoms with van der Waals surface area (Å²) in [4.78, 5) is 22.0. The van der Waals surface area contributed by atoms with Crippen molar-refractivity contribution in [2.24, 2.45) is 5.92 Å². The Morgan fingerprint density at radius 1 is 1.42 bits per heavy atom. The topological polar surface area (TPSA) is 87.6 Å². The fourth-order valence-corrected chi connectivity index (χ4v) is 3.26. The second-order valence-electron chi connectivity index (χ2n) is 6.98. The first-order valence-corrected chi connectivity index (χ1v) is 8.59. The van der Waals surface area contributed by atoms with Gasteiger partial charge in [0.25, 0.3) is 0 Å². The number of nitrogens with one attached hydrogen (secondary N) is 1. The highest BCUT2D eigenvalue weighted by atomic mass is 16.5. The van der Waals surface area contributed by atoms with Crippen LogP contribution in [0, 0.1) is 12.8 Å². The molecule has 3 rings (SSSR count). The highest BCUT2D eigenvalue weighted by Crippen LogP contribution is 2.34. The van der Waals surface area contributed by atoms with Crippen LogP contribution in [0.25, 0.3) is 0 Å². The molecule has 0 unspecified atom stereocenters. The fourth-order valence-electron chi connectivity index (χ4n) is 3.26. The van der Waals surface area contributed by atoms with E-state index >= 15 is 0 Å². The van der Waals surface area contributed by atoms with Crippen LogP contribution in [0.15, 0.2) is 6.07 Å². The lowest BCUT2D eigenvalue weighted by atomic mass is 9.85. The van der Waals surface area contributed by atoms with Crippen molar-refractivity contribution in [2.75, 3.05) is 25.5 Å². The number of methoxy groups -OCH3 is 1. The molecular formula is C17H26N4O3. The minimum Gasteiger partial charge on any atom is -0.480 e. The molecule has 0 aromatic carbocycles. The van der Waals surface area contributed by atoms with Crippen molar-refractivity contribution >= 4 is 11.8 Å². The predicted molar refractivity (Wildman–Crippen MR) is 89.8 cm³/mol. The van der Waals surface area contributed by atoms with Crippen molar-refractivity contribution in [3.63, 3.8) is 0 Å². The molecule has 24 heavy (non-hydrogen) atoms. The molecule has 1 aromatic rings. The van der Waals surface area contributed by atoms with E-state index in [1.165, 1.54) is 12.8 Å². The van der Waals surface area contributed by atoms with Crippen LogP contribution in [0.3, 0.4) is 0 Å². The molecule has 7 heteroatoms. The van der Waals surface area contributed by atoms with E-state index in [1.807, 2.05) is 13.0 Å². The van der Waals surface area contributed by atoms with Gasteiger partial charge >= 0.3 is 5.97 Å². The molecule has 0 bridgehead atoms. The molecule has 1 aromatic heterocycles. The lowest BCUT2D eigenvalue weighted by Gasteiger charge is -2.43. The molecule has 2 N–H and O–H groups in total. The first-order valence-electron chi connectivity index (χ1n) is 8.59. The Balaban J connectivity index is 1.52. The Morgan fingerprint density at radius 2 is 2.17 bits per heavy atom. The van der Waals surface area contributed by atoms with Crippen molar-refractivity contribution in [3.05, 3.63) is 17.6 Å². The van der Waals surface area contributed by atoms with E-state index in [-0.39, 0.29) is 6.54 Å². The van der Waals surface area contributed by atoms with Crippen LogP contribution in [0.5, 0.6) is 0 Å². The molecule has 0 aliphatic heterocycles. The number of aryl methyl sites for hydroxylation is 1. The number of carboxylic acid groups (broad SMARTS) is 1. The SMILES string of the molecule is COCc1nc(C)cc(NC2CC(N(CC(=O)O)CC3CC3)C2)n1. The van der Waals surface area contributed by atoms with Gasteiger partial charge < -0.3 is 15.2 Å². The van der Waals surface area contributed by atoms with E-state index in [0.29, 0.717) is 30.4 Å². The maximum atomic E-state index is 11.1. The number of hydrogen-bond acceptors (Lipinski definition) is 6. The summed E-state index contributed by atoms with van der Waals surface area (Å²) >= 11 is 0. The zero-order chi connectivity index (χ0) is 17.1. The second kappa shape index (κ2) is 7.44. The summed E-state index contributed by atoms with van der Waals surface area (Å²) in [5, 5.41) is 12.6. The Kier molecular flexibility index (Phi) is 5.30. The van der Waals surface area contributed by atoms with E-state index in [1.54, 1.807) is 7.11 Å². The molecule has 0 saturated heterocycles. The number of anilines is 1. The zero-order valence-corrected chi connectivity index (χ0v) is 14.4. The molecule has 1 heterocycles. The molecule has 0 atom stereocenters. The number of carboxylic acids is 1. The summed E-state index contributed by atoms with van der Waals surface area (Å²) in [5.74, 6) is 1.47. The average molecular weight is 334 g/mol. The Bertz CT molecular complexity index is 585. The summed E-state index contributed by atoms with van der Waals surface area (Å²) in [6.07, 6.45) is 4.41. The number of nitrogens with zero attached hydrogens (tertiary/aromatic N) is 3. The van der Waals surface area contributed by atoms with Crippen LogP contribution in [0.2, 0.25) is 0 Å². The quantitative estimate of drug-likeness (QED) is 0.710. The first kappa shape index (κ1) is 17.1. The minimum atomic E-state index is -0.734. The van der Waals surface area contributed by atoms with Gasteiger partial charge in [0.15, 0.2) is 5.82 Å². The summed E-state index contributed by atoms with van der Waals surface area (Å²) < 4.78 is 5.10. The lowest BCUT2D eigenvalue weighted by molar-refractivity contribution is -0.139. The van der Waals surface area contributed by atoms with E-state index in [0.717, 1.165) is 30.9 Å². The van der Waals surface area contributed by atoms with E-state index in [4.69, 9.17) is 9.84 Å². The van der Waals surface area contributed by atoms with Gasteiger partial charge in [0.2, 0.25) is 0 Å². The third-order valence-electron chi connectivity index (χ3n) is 4.68. The third kappa shape index (κ3) is 4.64. The molecule has 7 nitrogen and oxygen atoms in total. The summed E-state index contributed by atoms with van der Waals surface area (Å²) in [6.45, 7) is 3.42. The van der Waals surface area contributed by atoms with Gasteiger partial charge in [0.1, 0.15) is 12.4 Å². The van der Waals surface area contributed by atoms with Gasteiger partial charge in [0, 0.05) is 37.5 Å². The van der Waals surface area contributed by atoms with Crippen molar-refractivity contribution in [3.8, 4) is 0 Å². The Hall–Kier alpha value is -1.73. The molecule has 132 valence electrons. The molecule has 2 saturated carbocycles. The fraction of sp³-hybridized carbons (Fsp3) is 0.706. The van der Waals surface area contributed by atoms with Crippen molar-refractivity contribution in [1.29, 1.82) is 0 Å². The summed E-state index contributed by atoms with van der Waals surface area (Å²) in [7, 11) is 1.63. The van der Waals surface area contributed by atoms with Crippen LogP contribution in [-0.4, -0.2) is 58.2 Å². The number of hydrogen-bond donors (Lipinski definition) is 2. The highest BCUT2D eigenvalue weighted by molar-refractivity contribution is 5.69. The largest absolute Gasteiger partial charge is 0.480 e. The molecule has 2 aliphatic carbocycles. The molecular weight excluding hydrogens is 308 g/mol. The van der Waals surface area contributed by atoms with Crippen LogP contribution >= 0.6 is 0 Å². The van der Waals surface area contributed by atoms with E-state index in [2.05, 4.69) is 20.2 Å². The normalized spacial score (nSPS) is 23.1. The van der Waals surface area contributed by atoms with Gasteiger partial charge in [-0.3, -0.25) is 9.69 Å². The van der Waals surface area contributed by atoms with Crippen molar-refractivity contribution in [2.45, 2.75) is 51.3 Å². The van der Waals surface area contributed by atoms with Gasteiger partial charge in [-0.2, -0.15) is 0 Å². The monoisotopic (exact) mass is 334 g/mol. The number of aliphatic carboxylic acids is 1. The number of aromatic nitrogens is 2. The van der Waals surface area contributed by atoms with Crippen molar-refractivity contribution in [1.82, 2.24) is 14.9 Å². The smallest absolute Gasteiger partial charge is 0.317 e. The highest BCUT2D eigenvalue weighted by Gasteiger charge is 2.37. The Morgan fingerprint density at radius 3 is 2.79 bits per heavy atom. The Labute approximate surface area is 142 Å². The lowest BCUT2D eigenvalue weighted by Crippen LogP contribution is -2.52. The molecule has 2 aliphatic rings. The van der Waals surface area contributed by atoms with Gasteiger partial charge in [-0.25, -0.2) is 9.97 Å². The van der Waals surface area contributed by atoms with Crippen molar-refractivity contribution < 1.29 is 14.6 Å². The van der Waals surface area contributed by atoms with Gasteiger partial charge in [-0.05, 0) is 38.5 Å². The van der Waals surface area contributed by atoms with Gasteiger partial charge in [-0.15, -0.1) is 0 Å². The maximum absolute atomic E-state index is 11.1. The van der Waals surface area contributed by atoms with E-state index in [9.17, 15) is 4.79 Å². The standard InChI is InChI=1S/C17H26N4O3/c1-11-5-15(20-16(18-11)10-24-2)19-13-6-14(7-13)21(9-17(22)23)8-12-3-4-12/h5,12-14H,3-4,6-10H2,1-2H3,(H,22,23)(H,18,19,20). The maximum Gasteiger partial charge on any atom is 0.317 e. The number of rotatable bonds is 9. The molecule has 0 amide bonds. The molecule has 0 radical (unpaired) electrons. The predicted octanol–water partition coefficient (Wildman–Crippen LogP) is 1.67. The summed E-state index contributed by atoms with van der Waals surface area (Å²) in [6, 6.07) is 2.64. The van der Waals surface area contributed by atoms with Crippen LogP contribution in [0.1, 0.15) is 37.2 Å². The van der Waals surface area contributed by atoms with Gasteiger partial charge in [-0.1, -0.05) is 0 Å². The third-order valence-corrected chi connectivity index (χ3v) is 4.68. The number of carbonyl (C=O) groups is 1. The summed E-state index contributed by atoms with van der Waals surface area (Å²) in [5.41, 5.74) is 0.914. The number of ether oxygens (including phenoxy) is 1. The average Bonchev–Trinajstić information content (AvgIpc) is 3.25. The molecule has 0 spiro atoms. The second-order valence-corrected chi connectivity index (χ2v) is 6.98. The minimum absolute atomic E-state index is 0.151.